The van der Waals surface area contributed by atoms with Crippen LogP contribution in [0.5, 0.6) is 0 Å². The molecule has 0 aliphatic heterocycles. The molecule has 2 nitrogen and oxygen atoms in total. The van der Waals surface area contributed by atoms with Crippen LogP contribution in [0, 0.1) is 0 Å². The minimum absolute atomic E-state index is 0. The molecule has 7 heavy (non-hydrogen) atoms. The maximum absolute atomic E-state index is 4.85. The molecule has 0 fully saturated rings. The van der Waals surface area contributed by atoms with Crippen molar-refractivity contribution in [2.24, 2.45) is 0 Å². The topological polar surface area (TPSA) is 39.2 Å². The SMILES string of the molecule is CO[Si-](C)C.[OH-].[Rb+]. The summed E-state index contributed by atoms with van der Waals surface area (Å²) in [5.74, 6) is 0. The molecule has 0 aromatic rings. The molecule has 4 heteroatoms. The molecule has 1 N–H and O–H groups in total. The second-order valence-electron chi connectivity index (χ2n) is 1.11. The molecule has 0 radical (unpaired) electrons. The average molecular weight is 192 g/mol. The fourth-order valence-electron chi connectivity index (χ4n) is 0. The summed E-state index contributed by atoms with van der Waals surface area (Å²) in [4.78, 5) is 0. The number of rotatable bonds is 1. The molecule has 0 aromatic carbocycles. The van der Waals surface area contributed by atoms with Gasteiger partial charge in [0.2, 0.25) is 0 Å². The second kappa shape index (κ2) is 10.8. The Morgan fingerprint density at radius 3 is 1.43 bits per heavy atom. The Kier molecular flexibility index (Phi) is 24.7. The van der Waals surface area contributed by atoms with Gasteiger partial charge in [0, 0.05) is 0 Å². The van der Waals surface area contributed by atoms with Crippen molar-refractivity contribution >= 4 is 9.04 Å². The van der Waals surface area contributed by atoms with E-state index in [1.54, 1.807) is 7.11 Å². The van der Waals surface area contributed by atoms with E-state index in [9.17, 15) is 0 Å². The molecule has 0 saturated heterocycles. The van der Waals surface area contributed by atoms with Gasteiger partial charge in [-0.25, -0.2) is 0 Å². The van der Waals surface area contributed by atoms with Crippen LogP contribution in [0.3, 0.4) is 0 Å². The monoisotopic (exact) mass is 191 g/mol. The Hall–Kier alpha value is 1.94. The summed E-state index contributed by atoms with van der Waals surface area (Å²) >= 11 is 0. The van der Waals surface area contributed by atoms with Crippen molar-refractivity contribution in [3.63, 3.8) is 0 Å². The number of hydrogen-bond acceptors (Lipinski definition) is 2. The van der Waals surface area contributed by atoms with Gasteiger partial charge in [-0.05, 0) is 7.11 Å². The third kappa shape index (κ3) is 18.0. The van der Waals surface area contributed by atoms with E-state index in [0.717, 1.165) is 0 Å². The van der Waals surface area contributed by atoms with Gasteiger partial charge in [0.25, 0.3) is 0 Å². The third-order valence-corrected chi connectivity index (χ3v) is 1.22. The Balaban J connectivity index is -0.0000000800. The van der Waals surface area contributed by atoms with Crippen LogP contribution in [0.2, 0.25) is 13.1 Å². The first kappa shape index (κ1) is 16.0. The normalized spacial score (nSPS) is 6.86. The van der Waals surface area contributed by atoms with Gasteiger partial charge in [0.1, 0.15) is 0 Å². The summed E-state index contributed by atoms with van der Waals surface area (Å²) in [6, 6.07) is 0. The molecular weight excluding hydrogens is 182 g/mol. The maximum Gasteiger partial charge on any atom is 1.00 e. The van der Waals surface area contributed by atoms with Gasteiger partial charge in [0.15, 0.2) is 0 Å². The third-order valence-electron chi connectivity index (χ3n) is 0.408. The molecule has 0 aliphatic rings. The van der Waals surface area contributed by atoms with E-state index in [4.69, 9.17) is 4.43 Å². The van der Waals surface area contributed by atoms with Crippen LogP contribution in [0.25, 0.3) is 0 Å². The van der Waals surface area contributed by atoms with Crippen LogP contribution in [-0.2, 0) is 4.43 Å². The standard InChI is InChI=1S/C3H9OSi.H2O.Rb/c1-4-5(2)3;;/h1-3H3;1H2;/q-1;;+1/p-1. The van der Waals surface area contributed by atoms with Gasteiger partial charge < -0.3 is 9.90 Å². The fraction of sp³-hybridized carbons (Fsp3) is 1.00. The summed E-state index contributed by atoms with van der Waals surface area (Å²) in [5.41, 5.74) is 0. The first-order valence-corrected chi connectivity index (χ1v) is 4.02. The van der Waals surface area contributed by atoms with Crippen molar-refractivity contribution in [2.45, 2.75) is 13.1 Å². The summed E-state index contributed by atoms with van der Waals surface area (Å²) in [6.07, 6.45) is 0. The van der Waals surface area contributed by atoms with E-state index >= 15 is 0 Å². The van der Waals surface area contributed by atoms with Crippen molar-refractivity contribution in [1.82, 2.24) is 0 Å². The van der Waals surface area contributed by atoms with Crippen LogP contribution >= 0.6 is 0 Å². The molecule has 0 saturated carbocycles. The Bertz CT molecular complexity index is 26.9. The molecule has 40 valence electrons. The van der Waals surface area contributed by atoms with Crippen LogP contribution in [-0.4, -0.2) is 21.6 Å². The van der Waals surface area contributed by atoms with Crippen LogP contribution in [0.4, 0.5) is 0 Å². The first-order valence-electron chi connectivity index (χ1n) is 1.61. The van der Waals surface area contributed by atoms with Crippen molar-refractivity contribution < 1.29 is 68.1 Å². The Labute approximate surface area is 95.5 Å². The van der Waals surface area contributed by atoms with Gasteiger partial charge in [-0.1, -0.05) is 0 Å². The van der Waals surface area contributed by atoms with Gasteiger partial charge in [-0.2, -0.15) is 13.1 Å². The molecule has 0 spiro atoms. The van der Waals surface area contributed by atoms with Crippen molar-refractivity contribution in [2.75, 3.05) is 7.11 Å². The van der Waals surface area contributed by atoms with Crippen molar-refractivity contribution in [1.29, 1.82) is 0 Å². The predicted octanol–water partition coefficient (Wildman–Crippen LogP) is -2.29. The quantitative estimate of drug-likeness (QED) is 0.438. The van der Waals surface area contributed by atoms with Crippen LogP contribution in [0.1, 0.15) is 0 Å². The average Bonchev–Trinajstić information content (AvgIpc) is 1.38. The van der Waals surface area contributed by atoms with Crippen molar-refractivity contribution in [3.8, 4) is 0 Å². The van der Waals surface area contributed by atoms with E-state index in [1.807, 2.05) is 0 Å². The summed E-state index contributed by atoms with van der Waals surface area (Å²) < 4.78 is 4.85. The Morgan fingerprint density at radius 2 is 1.43 bits per heavy atom. The van der Waals surface area contributed by atoms with E-state index in [-0.39, 0.29) is 72.7 Å². The van der Waals surface area contributed by atoms with Gasteiger partial charge in [0.05, 0.1) is 0 Å². The molecule has 0 aromatic heterocycles. The van der Waals surface area contributed by atoms with Gasteiger partial charge in [-0.3, -0.25) is 0 Å². The van der Waals surface area contributed by atoms with E-state index in [1.165, 1.54) is 0 Å². The zero-order valence-corrected chi connectivity index (χ0v) is 11.3. The van der Waals surface area contributed by atoms with Crippen LogP contribution in [0.15, 0.2) is 0 Å². The maximum atomic E-state index is 4.85. The zero-order valence-electron chi connectivity index (χ0n) is 5.36. The van der Waals surface area contributed by atoms with Crippen LogP contribution < -0.4 is 58.2 Å². The second-order valence-corrected chi connectivity index (χ2v) is 3.34. The van der Waals surface area contributed by atoms with E-state index < -0.39 is 0 Å². The molecule has 0 amide bonds. The van der Waals surface area contributed by atoms with E-state index in [0.29, 0.717) is 0 Å². The predicted molar refractivity (Wildman–Crippen MR) is 26.4 cm³/mol. The molecule has 0 unspecified atom stereocenters. The molecule has 0 aliphatic carbocycles. The van der Waals surface area contributed by atoms with Gasteiger partial charge >= 0.3 is 58.2 Å². The largest absolute Gasteiger partial charge is 1.00 e. The molecular formula is C3H10O2RbSi-. The zero-order chi connectivity index (χ0) is 4.28. The first-order chi connectivity index (χ1) is 2.27. The molecule has 0 rings (SSSR count). The summed E-state index contributed by atoms with van der Waals surface area (Å²) in [7, 11) is 1.37. The Morgan fingerprint density at radius 1 is 1.29 bits per heavy atom. The smallest absolute Gasteiger partial charge is 0.870 e. The number of hydrogen-bond donors (Lipinski definition) is 0. The molecule has 0 heterocycles. The minimum atomic E-state index is -0.374. The van der Waals surface area contributed by atoms with Gasteiger partial charge in [-0.15, -0.1) is 9.04 Å². The molecule has 0 bridgehead atoms. The minimum Gasteiger partial charge on any atom is -0.870 e. The summed E-state index contributed by atoms with van der Waals surface area (Å²) in [5, 5.41) is 0. The fourth-order valence-corrected chi connectivity index (χ4v) is 0. The van der Waals surface area contributed by atoms with Crippen molar-refractivity contribution in [3.05, 3.63) is 0 Å². The summed E-state index contributed by atoms with van der Waals surface area (Å²) in [6.45, 7) is 4.20. The van der Waals surface area contributed by atoms with E-state index in [2.05, 4.69) is 13.1 Å². The molecule has 0 atom stereocenters.